The Morgan fingerprint density at radius 1 is 1.04 bits per heavy atom. The molecule has 2 aromatic carbocycles. The van der Waals surface area contributed by atoms with Crippen molar-refractivity contribution in [1.29, 1.82) is 0 Å². The second-order valence-corrected chi connectivity index (χ2v) is 6.01. The molecule has 3 aromatic rings. The monoisotopic (exact) mass is 341 g/mol. The van der Waals surface area contributed by atoms with Crippen LogP contribution >= 0.6 is 11.6 Å². The Morgan fingerprint density at radius 3 is 2.67 bits per heavy atom. The molecule has 0 unspecified atom stereocenters. The van der Waals surface area contributed by atoms with Crippen LogP contribution in [0.15, 0.2) is 48.5 Å². The van der Waals surface area contributed by atoms with Crippen LogP contribution in [0, 0.1) is 0 Å². The van der Waals surface area contributed by atoms with Gasteiger partial charge < -0.3 is 9.47 Å². The summed E-state index contributed by atoms with van der Waals surface area (Å²) in [6.45, 7) is 2.77. The lowest BCUT2D eigenvalue weighted by Gasteiger charge is -2.11. The van der Waals surface area contributed by atoms with E-state index in [1.54, 1.807) is 7.11 Å². The highest BCUT2D eigenvalue weighted by molar-refractivity contribution is 6.30. The Morgan fingerprint density at radius 2 is 1.88 bits per heavy atom. The quantitative estimate of drug-likeness (QED) is 0.423. The van der Waals surface area contributed by atoms with Gasteiger partial charge in [-0.3, -0.25) is 0 Å². The van der Waals surface area contributed by atoms with E-state index in [9.17, 15) is 0 Å². The van der Waals surface area contributed by atoms with Gasteiger partial charge in [0.25, 0.3) is 0 Å². The minimum Gasteiger partial charge on any atom is -0.497 e. The zero-order chi connectivity index (χ0) is 16.9. The lowest BCUT2D eigenvalue weighted by molar-refractivity contribution is 0.302. The first-order valence-electron chi connectivity index (χ1n) is 8.09. The van der Waals surface area contributed by atoms with Gasteiger partial charge in [0.1, 0.15) is 10.9 Å². The Bertz CT molecular complexity index is 848. The number of nitrogens with zero attached hydrogens (tertiary/aromatic N) is 1. The molecule has 4 heteroatoms. The van der Waals surface area contributed by atoms with Crippen molar-refractivity contribution in [1.82, 2.24) is 4.98 Å². The van der Waals surface area contributed by atoms with E-state index < -0.39 is 0 Å². The fourth-order valence-corrected chi connectivity index (χ4v) is 2.78. The number of unbranched alkanes of at least 4 members (excludes halogenated alkanes) is 1. The van der Waals surface area contributed by atoms with Gasteiger partial charge in [-0.15, -0.1) is 0 Å². The third kappa shape index (κ3) is 3.62. The SMILES string of the molecule is CCCCOc1nc(Cl)cc2ccc(-c3cccc(OC)c3)cc12. The number of pyridine rings is 1. The smallest absolute Gasteiger partial charge is 0.222 e. The largest absolute Gasteiger partial charge is 0.497 e. The summed E-state index contributed by atoms with van der Waals surface area (Å²) in [6, 6.07) is 16.1. The highest BCUT2D eigenvalue weighted by Crippen LogP contribution is 2.32. The van der Waals surface area contributed by atoms with Gasteiger partial charge in [-0.2, -0.15) is 0 Å². The van der Waals surface area contributed by atoms with Crippen molar-refractivity contribution < 1.29 is 9.47 Å². The van der Waals surface area contributed by atoms with E-state index in [-0.39, 0.29) is 0 Å². The summed E-state index contributed by atoms with van der Waals surface area (Å²) < 4.78 is 11.2. The molecule has 0 saturated carbocycles. The van der Waals surface area contributed by atoms with Crippen LogP contribution in [0.3, 0.4) is 0 Å². The zero-order valence-electron chi connectivity index (χ0n) is 13.9. The van der Waals surface area contributed by atoms with Crippen molar-refractivity contribution in [3.05, 3.63) is 53.7 Å². The summed E-state index contributed by atoms with van der Waals surface area (Å²) in [7, 11) is 1.67. The number of fused-ring (bicyclic) bond motifs is 1. The van der Waals surface area contributed by atoms with Crippen LogP contribution in [-0.4, -0.2) is 18.7 Å². The van der Waals surface area contributed by atoms with Gasteiger partial charge in [-0.05, 0) is 47.2 Å². The lowest BCUT2D eigenvalue weighted by Crippen LogP contribution is -1.99. The second-order valence-electron chi connectivity index (χ2n) is 5.62. The number of rotatable bonds is 6. The fourth-order valence-electron chi connectivity index (χ4n) is 2.59. The molecule has 0 amide bonds. The first-order valence-corrected chi connectivity index (χ1v) is 8.46. The molecular weight excluding hydrogens is 322 g/mol. The summed E-state index contributed by atoms with van der Waals surface area (Å²) in [5, 5.41) is 2.44. The maximum atomic E-state index is 6.13. The maximum Gasteiger partial charge on any atom is 0.222 e. The molecule has 0 radical (unpaired) electrons. The van der Waals surface area contributed by atoms with Crippen molar-refractivity contribution in [2.24, 2.45) is 0 Å². The summed E-state index contributed by atoms with van der Waals surface area (Å²) in [6.07, 6.45) is 2.07. The van der Waals surface area contributed by atoms with Crippen LogP contribution in [0.25, 0.3) is 21.9 Å². The normalized spacial score (nSPS) is 10.8. The maximum absolute atomic E-state index is 6.13. The minimum absolute atomic E-state index is 0.447. The topological polar surface area (TPSA) is 31.4 Å². The standard InChI is InChI=1S/C20H20ClNO2/c1-3-4-10-24-20-18-12-15(8-9-16(18)13-19(21)22-20)14-6-5-7-17(11-14)23-2/h5-9,11-13H,3-4,10H2,1-2H3. The van der Waals surface area contributed by atoms with Crippen LogP contribution in [0.5, 0.6) is 11.6 Å². The molecule has 0 aliphatic rings. The third-order valence-corrected chi connectivity index (χ3v) is 4.10. The number of halogens is 1. The molecule has 3 nitrogen and oxygen atoms in total. The van der Waals surface area contributed by atoms with E-state index in [4.69, 9.17) is 21.1 Å². The van der Waals surface area contributed by atoms with E-state index >= 15 is 0 Å². The molecular formula is C20H20ClNO2. The number of methoxy groups -OCH3 is 1. The molecule has 0 atom stereocenters. The Balaban J connectivity index is 2.05. The van der Waals surface area contributed by atoms with E-state index in [1.165, 1.54) is 0 Å². The number of ether oxygens (including phenoxy) is 2. The molecule has 0 bridgehead atoms. The van der Waals surface area contributed by atoms with Crippen molar-refractivity contribution >= 4 is 22.4 Å². The molecule has 0 saturated heterocycles. The first kappa shape index (κ1) is 16.6. The van der Waals surface area contributed by atoms with Crippen molar-refractivity contribution in [3.8, 4) is 22.8 Å². The van der Waals surface area contributed by atoms with Crippen LogP contribution in [0.1, 0.15) is 19.8 Å². The molecule has 124 valence electrons. The van der Waals surface area contributed by atoms with Gasteiger partial charge in [-0.1, -0.05) is 49.2 Å². The third-order valence-electron chi connectivity index (χ3n) is 3.91. The van der Waals surface area contributed by atoms with Crippen LogP contribution in [-0.2, 0) is 0 Å². The Hall–Kier alpha value is -2.26. The average Bonchev–Trinajstić information content (AvgIpc) is 2.61. The van der Waals surface area contributed by atoms with Crippen molar-refractivity contribution in [2.75, 3.05) is 13.7 Å². The minimum atomic E-state index is 0.447. The summed E-state index contributed by atoms with van der Waals surface area (Å²) >= 11 is 6.13. The lowest BCUT2D eigenvalue weighted by atomic mass is 10.0. The molecule has 0 aliphatic heterocycles. The molecule has 3 rings (SSSR count). The first-order chi connectivity index (χ1) is 11.7. The van der Waals surface area contributed by atoms with E-state index in [1.807, 2.05) is 30.3 Å². The fraction of sp³-hybridized carbons (Fsp3) is 0.250. The van der Waals surface area contributed by atoms with Crippen LogP contribution in [0.4, 0.5) is 0 Å². The predicted molar refractivity (Wildman–Crippen MR) is 99.1 cm³/mol. The zero-order valence-corrected chi connectivity index (χ0v) is 14.6. The summed E-state index contributed by atoms with van der Waals surface area (Å²) in [5.74, 6) is 1.43. The number of aromatic nitrogens is 1. The van der Waals surface area contributed by atoms with Crippen molar-refractivity contribution in [2.45, 2.75) is 19.8 Å². The number of hydrogen-bond acceptors (Lipinski definition) is 3. The highest BCUT2D eigenvalue weighted by atomic mass is 35.5. The van der Waals surface area contributed by atoms with Gasteiger partial charge >= 0.3 is 0 Å². The number of hydrogen-bond donors (Lipinski definition) is 0. The van der Waals surface area contributed by atoms with Gasteiger partial charge in [0.2, 0.25) is 5.88 Å². The molecule has 0 aliphatic carbocycles. The molecule has 24 heavy (non-hydrogen) atoms. The van der Waals surface area contributed by atoms with Gasteiger partial charge in [0.05, 0.1) is 13.7 Å². The molecule has 1 aromatic heterocycles. The summed E-state index contributed by atoms with van der Waals surface area (Å²) in [4.78, 5) is 4.36. The van der Waals surface area contributed by atoms with Crippen LogP contribution in [0.2, 0.25) is 5.15 Å². The van der Waals surface area contributed by atoms with Gasteiger partial charge in [0.15, 0.2) is 0 Å². The van der Waals surface area contributed by atoms with E-state index in [2.05, 4.69) is 30.1 Å². The van der Waals surface area contributed by atoms with E-state index in [0.29, 0.717) is 17.6 Å². The highest BCUT2D eigenvalue weighted by Gasteiger charge is 2.09. The second kappa shape index (κ2) is 7.54. The molecule has 0 N–H and O–H groups in total. The average molecular weight is 342 g/mol. The molecule has 1 heterocycles. The van der Waals surface area contributed by atoms with Gasteiger partial charge in [-0.25, -0.2) is 4.98 Å². The van der Waals surface area contributed by atoms with Gasteiger partial charge in [0, 0.05) is 5.39 Å². The predicted octanol–water partition coefficient (Wildman–Crippen LogP) is 5.74. The number of benzene rings is 2. The Labute approximate surface area is 147 Å². The van der Waals surface area contributed by atoms with Crippen LogP contribution < -0.4 is 9.47 Å². The van der Waals surface area contributed by atoms with Crippen molar-refractivity contribution in [3.63, 3.8) is 0 Å². The summed E-state index contributed by atoms with van der Waals surface area (Å²) in [5.41, 5.74) is 2.18. The van der Waals surface area contributed by atoms with E-state index in [0.717, 1.165) is 40.5 Å². The Kier molecular flexibility index (Phi) is 5.21. The molecule has 0 fully saturated rings. The molecule has 0 spiro atoms.